The number of H-pyrrole nitrogens is 1. The van der Waals surface area contributed by atoms with E-state index in [0.717, 1.165) is 36.6 Å². The van der Waals surface area contributed by atoms with Gasteiger partial charge in [-0.1, -0.05) is 0 Å². The maximum absolute atomic E-state index is 13.1. The summed E-state index contributed by atoms with van der Waals surface area (Å²) in [6.45, 7) is 0. The molecule has 0 spiro atoms. The highest BCUT2D eigenvalue weighted by atomic mass is 32.2. The van der Waals surface area contributed by atoms with Crippen LogP contribution >= 0.6 is 11.8 Å². The average molecular weight is 294 g/mol. The maximum Gasteiger partial charge on any atom is 0.346 e. The number of fused-ring (bicyclic) bond motifs is 1. The van der Waals surface area contributed by atoms with Crippen molar-refractivity contribution < 1.29 is 8.78 Å². The van der Waals surface area contributed by atoms with Crippen LogP contribution in [-0.2, 0) is 18.6 Å². The Hall–Kier alpha value is -1.69. The summed E-state index contributed by atoms with van der Waals surface area (Å²) in [6.07, 6.45) is 2.74. The number of aryl methyl sites for hydroxylation is 1. The normalized spacial score (nSPS) is 13.5. The molecule has 0 aliphatic heterocycles. The zero-order chi connectivity index (χ0) is 14.1. The molecule has 1 aliphatic carbocycles. The molecule has 2 aromatic rings. The molecular weight excluding hydrogens is 282 g/mol. The first-order chi connectivity index (χ1) is 9.61. The molecule has 20 heavy (non-hydrogen) atoms. The molecule has 3 rings (SSSR count). The van der Waals surface area contributed by atoms with Crippen LogP contribution in [0.15, 0.2) is 28.0 Å². The first-order valence-corrected chi connectivity index (χ1v) is 7.30. The number of benzene rings is 1. The Kier molecular flexibility index (Phi) is 3.56. The van der Waals surface area contributed by atoms with Crippen molar-refractivity contribution in [1.82, 2.24) is 9.97 Å². The van der Waals surface area contributed by atoms with Crippen molar-refractivity contribution in [2.75, 3.05) is 0 Å². The number of aromatic nitrogens is 2. The highest BCUT2D eigenvalue weighted by molar-refractivity contribution is 7.98. The minimum atomic E-state index is -0.593. The molecule has 1 aliphatic rings. The van der Waals surface area contributed by atoms with Gasteiger partial charge in [0.05, 0.1) is 0 Å². The topological polar surface area (TPSA) is 45.8 Å². The number of nitrogens with one attached hydrogen (secondary N) is 1. The van der Waals surface area contributed by atoms with Gasteiger partial charge in [-0.25, -0.2) is 13.6 Å². The van der Waals surface area contributed by atoms with E-state index in [-0.39, 0.29) is 5.69 Å². The Morgan fingerprint density at radius 1 is 1.20 bits per heavy atom. The van der Waals surface area contributed by atoms with Crippen LogP contribution in [0.25, 0.3) is 0 Å². The summed E-state index contributed by atoms with van der Waals surface area (Å²) in [5, 5.41) is 0.672. The fourth-order valence-corrected chi connectivity index (χ4v) is 3.42. The Morgan fingerprint density at radius 3 is 2.70 bits per heavy atom. The molecular formula is C14H12F2N2OS. The Labute approximate surface area is 118 Å². The van der Waals surface area contributed by atoms with Crippen molar-refractivity contribution in [3.8, 4) is 0 Å². The van der Waals surface area contributed by atoms with E-state index >= 15 is 0 Å². The van der Waals surface area contributed by atoms with E-state index in [0.29, 0.717) is 16.3 Å². The molecule has 1 aromatic heterocycles. The number of nitrogens with zero attached hydrogens (tertiary/aromatic N) is 1. The number of rotatable bonds is 3. The lowest BCUT2D eigenvalue weighted by molar-refractivity contribution is 0.581. The smallest absolute Gasteiger partial charge is 0.309 e. The van der Waals surface area contributed by atoms with E-state index < -0.39 is 11.6 Å². The lowest BCUT2D eigenvalue weighted by Crippen LogP contribution is -2.14. The molecule has 104 valence electrons. The van der Waals surface area contributed by atoms with Crippen molar-refractivity contribution in [2.24, 2.45) is 0 Å². The molecule has 0 saturated carbocycles. The van der Waals surface area contributed by atoms with Gasteiger partial charge in [0.25, 0.3) is 0 Å². The van der Waals surface area contributed by atoms with E-state index in [2.05, 4.69) is 9.97 Å². The van der Waals surface area contributed by atoms with E-state index in [1.807, 2.05) is 0 Å². The van der Waals surface area contributed by atoms with Crippen molar-refractivity contribution in [2.45, 2.75) is 30.0 Å². The third-order valence-corrected chi connectivity index (χ3v) is 4.32. The molecule has 0 unspecified atom stereocenters. The Balaban J connectivity index is 1.84. The molecule has 1 N–H and O–H groups in total. The van der Waals surface area contributed by atoms with Gasteiger partial charge in [0.15, 0.2) is 0 Å². The molecule has 0 fully saturated rings. The van der Waals surface area contributed by atoms with Gasteiger partial charge in [-0.15, -0.1) is 11.8 Å². The van der Waals surface area contributed by atoms with Gasteiger partial charge in [0, 0.05) is 23.1 Å². The van der Waals surface area contributed by atoms with E-state index in [4.69, 9.17) is 0 Å². The Morgan fingerprint density at radius 2 is 1.95 bits per heavy atom. The van der Waals surface area contributed by atoms with E-state index in [1.54, 1.807) is 0 Å². The SMILES string of the molecule is O=c1nc(SCc2cc(F)cc(F)c2)c2c([nH]1)CCC2. The van der Waals surface area contributed by atoms with Crippen LogP contribution in [0, 0.1) is 11.6 Å². The van der Waals surface area contributed by atoms with Crippen LogP contribution in [0.1, 0.15) is 23.2 Å². The minimum absolute atomic E-state index is 0.362. The van der Waals surface area contributed by atoms with Gasteiger partial charge in [0.2, 0.25) is 0 Å². The second-order valence-electron chi connectivity index (χ2n) is 4.72. The van der Waals surface area contributed by atoms with Gasteiger partial charge in [-0.2, -0.15) is 4.98 Å². The van der Waals surface area contributed by atoms with Gasteiger partial charge in [-0.3, -0.25) is 0 Å². The van der Waals surface area contributed by atoms with E-state index in [9.17, 15) is 13.6 Å². The van der Waals surface area contributed by atoms with Crippen molar-refractivity contribution in [3.05, 3.63) is 57.1 Å². The summed E-state index contributed by atoms with van der Waals surface area (Å²) >= 11 is 1.35. The van der Waals surface area contributed by atoms with Gasteiger partial charge < -0.3 is 4.98 Å². The second-order valence-corrected chi connectivity index (χ2v) is 5.69. The summed E-state index contributed by atoms with van der Waals surface area (Å²) in [6, 6.07) is 3.43. The number of hydrogen-bond acceptors (Lipinski definition) is 3. The first kappa shape index (κ1) is 13.3. The van der Waals surface area contributed by atoms with Crippen molar-refractivity contribution in [1.29, 1.82) is 0 Å². The Bertz CT molecular complexity index is 695. The molecule has 3 nitrogen and oxygen atoms in total. The van der Waals surface area contributed by atoms with E-state index in [1.165, 1.54) is 23.9 Å². The lowest BCUT2D eigenvalue weighted by Gasteiger charge is -2.06. The summed E-state index contributed by atoms with van der Waals surface area (Å²) in [5.74, 6) is -0.799. The number of aromatic amines is 1. The standard InChI is InChI=1S/C14H12F2N2OS/c15-9-4-8(5-10(16)6-9)7-20-13-11-2-1-3-12(11)17-14(19)18-13/h4-6H,1-3,7H2,(H,17,18,19). The fourth-order valence-electron chi connectivity index (χ4n) is 2.40. The van der Waals surface area contributed by atoms with Crippen LogP contribution in [0.3, 0.4) is 0 Å². The lowest BCUT2D eigenvalue weighted by atomic mass is 10.2. The predicted molar refractivity (Wildman–Crippen MR) is 72.8 cm³/mol. The van der Waals surface area contributed by atoms with Crippen LogP contribution < -0.4 is 5.69 Å². The molecule has 0 bridgehead atoms. The molecule has 1 heterocycles. The fraction of sp³-hybridized carbons (Fsp3) is 0.286. The van der Waals surface area contributed by atoms with Gasteiger partial charge >= 0.3 is 5.69 Å². The molecule has 0 radical (unpaired) electrons. The third kappa shape index (κ3) is 2.75. The van der Waals surface area contributed by atoms with Crippen LogP contribution in [0.5, 0.6) is 0 Å². The molecule has 0 amide bonds. The van der Waals surface area contributed by atoms with Gasteiger partial charge in [0.1, 0.15) is 16.7 Å². The first-order valence-electron chi connectivity index (χ1n) is 6.31. The largest absolute Gasteiger partial charge is 0.346 e. The average Bonchev–Trinajstić information content (AvgIpc) is 2.82. The summed E-state index contributed by atoms with van der Waals surface area (Å²) in [4.78, 5) is 18.2. The molecule has 0 saturated heterocycles. The quantitative estimate of drug-likeness (QED) is 0.699. The van der Waals surface area contributed by atoms with Crippen molar-refractivity contribution in [3.63, 3.8) is 0 Å². The predicted octanol–water partition coefficient (Wildman–Crippen LogP) is 2.83. The minimum Gasteiger partial charge on any atom is -0.309 e. The van der Waals surface area contributed by atoms with Crippen LogP contribution in [-0.4, -0.2) is 9.97 Å². The molecule has 1 aromatic carbocycles. The number of halogens is 2. The molecule has 0 atom stereocenters. The van der Waals surface area contributed by atoms with Crippen molar-refractivity contribution >= 4 is 11.8 Å². The van der Waals surface area contributed by atoms with Crippen LogP contribution in [0.2, 0.25) is 0 Å². The number of thioether (sulfide) groups is 1. The molecule has 6 heteroatoms. The van der Waals surface area contributed by atoms with Gasteiger partial charge in [-0.05, 0) is 37.0 Å². The zero-order valence-corrected chi connectivity index (χ0v) is 11.4. The zero-order valence-electron chi connectivity index (χ0n) is 10.6. The van der Waals surface area contributed by atoms with Crippen LogP contribution in [0.4, 0.5) is 8.78 Å². The third-order valence-electron chi connectivity index (χ3n) is 3.23. The highest BCUT2D eigenvalue weighted by Gasteiger charge is 2.18. The summed E-state index contributed by atoms with van der Waals surface area (Å²) in [7, 11) is 0. The summed E-state index contributed by atoms with van der Waals surface area (Å²) < 4.78 is 26.2. The summed E-state index contributed by atoms with van der Waals surface area (Å²) in [5.41, 5.74) is 2.18. The number of hydrogen-bond donors (Lipinski definition) is 1. The monoisotopic (exact) mass is 294 g/mol. The highest BCUT2D eigenvalue weighted by Crippen LogP contribution is 2.30. The second kappa shape index (κ2) is 5.36. The maximum atomic E-state index is 13.1.